The number of ether oxygens (including phenoxy) is 1. The van der Waals surface area contributed by atoms with Crippen molar-refractivity contribution in [3.8, 4) is 0 Å². The molecule has 1 aromatic carbocycles. The first-order chi connectivity index (χ1) is 13.5. The minimum absolute atomic E-state index is 0.247. The highest BCUT2D eigenvalue weighted by atomic mass is 32.2. The van der Waals surface area contributed by atoms with Crippen molar-refractivity contribution in [2.75, 3.05) is 17.2 Å². The van der Waals surface area contributed by atoms with E-state index in [9.17, 15) is 8.42 Å². The molecule has 0 bridgehead atoms. The third kappa shape index (κ3) is 6.99. The number of morpholine rings is 1. The van der Waals surface area contributed by atoms with E-state index in [1.807, 2.05) is 0 Å². The average molecular weight is 424 g/mol. The Bertz CT molecular complexity index is 721. The van der Waals surface area contributed by atoms with Gasteiger partial charge in [-0.15, -0.1) is 0 Å². The SMILES string of the molecule is CC1[C@@H](C)O[C@@H](C)CN1c1ccc(CCCCCCCS(=O)(=O)C(C)(C)C)cc1. The van der Waals surface area contributed by atoms with Crippen molar-refractivity contribution in [1.29, 1.82) is 0 Å². The van der Waals surface area contributed by atoms with Gasteiger partial charge in [0.15, 0.2) is 9.84 Å². The summed E-state index contributed by atoms with van der Waals surface area (Å²) in [5.74, 6) is 0.315. The summed E-state index contributed by atoms with van der Waals surface area (Å²) in [5.41, 5.74) is 2.66. The Morgan fingerprint density at radius 1 is 0.966 bits per heavy atom. The van der Waals surface area contributed by atoms with E-state index in [0.29, 0.717) is 11.8 Å². The summed E-state index contributed by atoms with van der Waals surface area (Å²) in [7, 11) is -2.97. The van der Waals surface area contributed by atoms with Gasteiger partial charge in [-0.05, 0) is 78.5 Å². The minimum Gasteiger partial charge on any atom is -0.372 e. The van der Waals surface area contributed by atoms with E-state index in [2.05, 4.69) is 49.9 Å². The molecule has 1 fully saturated rings. The molecule has 0 amide bonds. The lowest BCUT2D eigenvalue weighted by molar-refractivity contribution is -0.0257. The van der Waals surface area contributed by atoms with Crippen LogP contribution in [0.1, 0.15) is 79.2 Å². The molecule has 4 nitrogen and oxygen atoms in total. The van der Waals surface area contributed by atoms with Crippen LogP contribution < -0.4 is 4.90 Å². The highest BCUT2D eigenvalue weighted by Crippen LogP contribution is 2.26. The van der Waals surface area contributed by atoms with Crippen molar-refractivity contribution in [2.24, 2.45) is 0 Å². The van der Waals surface area contributed by atoms with Crippen molar-refractivity contribution in [3.05, 3.63) is 29.8 Å². The van der Waals surface area contributed by atoms with Crippen LogP contribution in [0.3, 0.4) is 0 Å². The maximum atomic E-state index is 12.1. The number of anilines is 1. The van der Waals surface area contributed by atoms with Gasteiger partial charge in [-0.1, -0.05) is 31.4 Å². The Hall–Kier alpha value is -1.07. The summed E-state index contributed by atoms with van der Waals surface area (Å²) in [5, 5.41) is 0. The highest BCUT2D eigenvalue weighted by molar-refractivity contribution is 7.92. The van der Waals surface area contributed by atoms with Gasteiger partial charge < -0.3 is 9.64 Å². The van der Waals surface area contributed by atoms with E-state index in [1.54, 1.807) is 20.8 Å². The summed E-state index contributed by atoms with van der Waals surface area (Å²) in [6.45, 7) is 12.8. The molecule has 2 rings (SSSR count). The van der Waals surface area contributed by atoms with Gasteiger partial charge in [0.2, 0.25) is 0 Å². The molecule has 1 heterocycles. The van der Waals surface area contributed by atoms with Crippen LogP contribution in [0, 0.1) is 0 Å². The van der Waals surface area contributed by atoms with Gasteiger partial charge in [0, 0.05) is 12.2 Å². The summed E-state index contributed by atoms with van der Waals surface area (Å²) < 4.78 is 29.5. The molecule has 0 saturated carbocycles. The highest BCUT2D eigenvalue weighted by Gasteiger charge is 2.29. The predicted molar refractivity (Wildman–Crippen MR) is 124 cm³/mol. The lowest BCUT2D eigenvalue weighted by Gasteiger charge is -2.42. The quantitative estimate of drug-likeness (QED) is 0.499. The molecule has 166 valence electrons. The van der Waals surface area contributed by atoms with Crippen molar-refractivity contribution < 1.29 is 13.2 Å². The zero-order chi connectivity index (χ0) is 21.7. The number of rotatable bonds is 9. The van der Waals surface area contributed by atoms with Crippen LogP contribution in [-0.4, -0.2) is 43.7 Å². The first-order valence-electron chi connectivity index (χ1n) is 11.2. The molecule has 1 unspecified atom stereocenters. The van der Waals surface area contributed by atoms with E-state index in [0.717, 1.165) is 45.1 Å². The van der Waals surface area contributed by atoms with Crippen molar-refractivity contribution in [2.45, 2.75) is 103 Å². The van der Waals surface area contributed by atoms with E-state index in [1.165, 1.54) is 11.3 Å². The smallest absolute Gasteiger partial charge is 0.155 e. The fourth-order valence-electron chi connectivity index (χ4n) is 3.87. The molecule has 5 heteroatoms. The molecular weight excluding hydrogens is 382 g/mol. The maximum Gasteiger partial charge on any atom is 0.155 e. The lowest BCUT2D eigenvalue weighted by Crippen LogP contribution is -2.52. The molecular formula is C24H41NO3S. The third-order valence-electron chi connectivity index (χ3n) is 6.15. The number of hydrogen-bond donors (Lipinski definition) is 0. The maximum absolute atomic E-state index is 12.1. The fourth-order valence-corrected chi connectivity index (χ4v) is 5.07. The fraction of sp³-hybridized carbons (Fsp3) is 0.750. The summed E-state index contributed by atoms with van der Waals surface area (Å²) in [6.07, 6.45) is 6.81. The largest absolute Gasteiger partial charge is 0.372 e. The van der Waals surface area contributed by atoms with Gasteiger partial charge >= 0.3 is 0 Å². The molecule has 1 aromatic rings. The van der Waals surface area contributed by atoms with Crippen LogP contribution in [0.4, 0.5) is 5.69 Å². The number of nitrogens with zero attached hydrogens (tertiary/aromatic N) is 1. The monoisotopic (exact) mass is 423 g/mol. The van der Waals surface area contributed by atoms with Gasteiger partial charge in [0.05, 0.1) is 28.7 Å². The van der Waals surface area contributed by atoms with Gasteiger partial charge in [-0.25, -0.2) is 8.42 Å². The number of sulfone groups is 1. The molecule has 1 aliphatic heterocycles. The Morgan fingerprint density at radius 2 is 1.55 bits per heavy atom. The topological polar surface area (TPSA) is 46.6 Å². The van der Waals surface area contributed by atoms with E-state index in [-0.39, 0.29) is 12.2 Å². The van der Waals surface area contributed by atoms with Gasteiger partial charge in [0.1, 0.15) is 0 Å². The molecule has 29 heavy (non-hydrogen) atoms. The average Bonchev–Trinajstić information content (AvgIpc) is 2.63. The van der Waals surface area contributed by atoms with E-state index < -0.39 is 14.6 Å². The molecule has 0 aromatic heterocycles. The molecule has 1 saturated heterocycles. The van der Waals surface area contributed by atoms with Gasteiger partial charge in [-0.2, -0.15) is 0 Å². The number of unbranched alkanes of at least 4 members (excludes halogenated alkanes) is 4. The summed E-state index contributed by atoms with van der Waals surface area (Å²) in [4.78, 5) is 2.45. The molecule has 0 N–H and O–H groups in total. The van der Waals surface area contributed by atoms with E-state index in [4.69, 9.17) is 4.74 Å². The van der Waals surface area contributed by atoms with Crippen LogP contribution in [0.15, 0.2) is 24.3 Å². The number of aryl methyl sites for hydroxylation is 1. The van der Waals surface area contributed by atoms with Crippen LogP contribution in [-0.2, 0) is 21.0 Å². The second-order valence-corrected chi connectivity index (χ2v) is 12.5. The van der Waals surface area contributed by atoms with Gasteiger partial charge in [0.25, 0.3) is 0 Å². The van der Waals surface area contributed by atoms with Crippen LogP contribution >= 0.6 is 0 Å². The van der Waals surface area contributed by atoms with Crippen LogP contribution in [0.2, 0.25) is 0 Å². The molecule has 3 atom stereocenters. The lowest BCUT2D eigenvalue weighted by atomic mass is 10.0. The van der Waals surface area contributed by atoms with E-state index >= 15 is 0 Å². The first kappa shape index (κ1) is 24.2. The number of benzene rings is 1. The second kappa shape index (κ2) is 10.3. The Labute approximate surface area is 178 Å². The van der Waals surface area contributed by atoms with Gasteiger partial charge in [-0.3, -0.25) is 0 Å². The third-order valence-corrected chi connectivity index (χ3v) is 8.84. The van der Waals surface area contributed by atoms with Crippen LogP contribution in [0.25, 0.3) is 0 Å². The summed E-state index contributed by atoms with van der Waals surface area (Å²) in [6, 6.07) is 9.38. The number of hydrogen-bond acceptors (Lipinski definition) is 4. The Balaban J connectivity index is 1.69. The zero-order valence-corrected chi connectivity index (χ0v) is 20.1. The van der Waals surface area contributed by atoms with Crippen molar-refractivity contribution >= 4 is 15.5 Å². The standard InChI is InChI=1S/C24H41NO3S/c1-19-18-25(20(2)21(3)28-19)23-15-13-22(14-16-23)12-10-8-7-9-11-17-29(26,27)24(4,5)6/h13-16,19-21H,7-12,17-18H2,1-6H3/t19-,20?,21+/m0/s1. The molecule has 0 spiro atoms. The summed E-state index contributed by atoms with van der Waals surface area (Å²) >= 11 is 0. The Kier molecular flexibility index (Phi) is 8.59. The van der Waals surface area contributed by atoms with Crippen LogP contribution in [0.5, 0.6) is 0 Å². The first-order valence-corrected chi connectivity index (χ1v) is 12.9. The minimum atomic E-state index is -2.97. The van der Waals surface area contributed by atoms with Crippen molar-refractivity contribution in [1.82, 2.24) is 0 Å². The van der Waals surface area contributed by atoms with Crippen molar-refractivity contribution in [3.63, 3.8) is 0 Å². The molecule has 0 aliphatic carbocycles. The Morgan fingerprint density at radius 3 is 2.17 bits per heavy atom. The predicted octanol–water partition coefficient (Wildman–Crippen LogP) is 5.40. The second-order valence-electron chi connectivity index (χ2n) is 9.66. The normalized spacial score (nSPS) is 23.4. The molecule has 1 aliphatic rings. The zero-order valence-electron chi connectivity index (χ0n) is 19.3. The molecule has 0 radical (unpaired) electrons.